The zero-order valence-corrected chi connectivity index (χ0v) is 10.4. The van der Waals surface area contributed by atoms with Crippen LogP contribution in [0.25, 0.3) is 0 Å². The Balaban J connectivity index is 2.18. The van der Waals surface area contributed by atoms with Gasteiger partial charge in [-0.2, -0.15) is 0 Å². The SMILES string of the molecule is CNC(c1ccc(F)c(Cl)c1)C1COCCN1. The van der Waals surface area contributed by atoms with Crippen molar-refractivity contribution in [3.05, 3.63) is 34.6 Å². The van der Waals surface area contributed by atoms with E-state index in [9.17, 15) is 4.39 Å². The van der Waals surface area contributed by atoms with Crippen LogP contribution in [0.5, 0.6) is 0 Å². The molecular formula is C12H16ClFN2O. The second kappa shape index (κ2) is 5.78. The second-order valence-electron chi connectivity index (χ2n) is 4.08. The number of rotatable bonds is 3. The molecule has 1 heterocycles. The van der Waals surface area contributed by atoms with Crippen LogP contribution in [0.15, 0.2) is 18.2 Å². The fourth-order valence-corrected chi connectivity index (χ4v) is 2.29. The molecule has 0 radical (unpaired) electrons. The molecule has 2 N–H and O–H groups in total. The number of ether oxygens (including phenoxy) is 1. The van der Waals surface area contributed by atoms with Gasteiger partial charge in [0.05, 0.1) is 24.3 Å². The summed E-state index contributed by atoms with van der Waals surface area (Å²) in [6.07, 6.45) is 0. The Bertz CT molecular complexity index is 383. The van der Waals surface area contributed by atoms with Gasteiger partial charge < -0.3 is 15.4 Å². The zero-order chi connectivity index (χ0) is 12.3. The molecule has 0 saturated carbocycles. The van der Waals surface area contributed by atoms with E-state index >= 15 is 0 Å². The van der Waals surface area contributed by atoms with E-state index in [1.54, 1.807) is 12.1 Å². The Kier molecular flexibility index (Phi) is 4.34. The number of morpholine rings is 1. The quantitative estimate of drug-likeness (QED) is 0.866. The van der Waals surface area contributed by atoms with Gasteiger partial charge in [-0.3, -0.25) is 0 Å². The highest BCUT2D eigenvalue weighted by Crippen LogP contribution is 2.23. The van der Waals surface area contributed by atoms with Crippen LogP contribution in [0.4, 0.5) is 4.39 Å². The average molecular weight is 259 g/mol. The van der Waals surface area contributed by atoms with Crippen LogP contribution in [0.1, 0.15) is 11.6 Å². The summed E-state index contributed by atoms with van der Waals surface area (Å²) in [5.41, 5.74) is 0.960. The summed E-state index contributed by atoms with van der Waals surface area (Å²) in [5, 5.41) is 6.74. The van der Waals surface area contributed by atoms with E-state index in [1.807, 2.05) is 7.05 Å². The first-order valence-electron chi connectivity index (χ1n) is 5.65. The van der Waals surface area contributed by atoms with Crippen LogP contribution < -0.4 is 10.6 Å². The van der Waals surface area contributed by atoms with E-state index in [-0.39, 0.29) is 17.1 Å². The first-order valence-corrected chi connectivity index (χ1v) is 6.03. The first kappa shape index (κ1) is 12.8. The van der Waals surface area contributed by atoms with E-state index in [0.29, 0.717) is 6.61 Å². The fourth-order valence-electron chi connectivity index (χ4n) is 2.11. The van der Waals surface area contributed by atoms with Crippen molar-refractivity contribution in [2.75, 3.05) is 26.8 Å². The van der Waals surface area contributed by atoms with E-state index in [2.05, 4.69) is 10.6 Å². The molecule has 1 saturated heterocycles. The molecule has 17 heavy (non-hydrogen) atoms. The minimum Gasteiger partial charge on any atom is -0.378 e. The largest absolute Gasteiger partial charge is 0.378 e. The molecule has 0 aromatic heterocycles. The maximum Gasteiger partial charge on any atom is 0.141 e. The summed E-state index contributed by atoms with van der Waals surface area (Å²) in [6, 6.07) is 5.04. The average Bonchev–Trinajstić information content (AvgIpc) is 2.36. The van der Waals surface area contributed by atoms with Gasteiger partial charge in [0.15, 0.2) is 0 Å². The van der Waals surface area contributed by atoms with Crippen LogP contribution in [0.2, 0.25) is 5.02 Å². The zero-order valence-electron chi connectivity index (χ0n) is 9.67. The highest BCUT2D eigenvalue weighted by Gasteiger charge is 2.24. The van der Waals surface area contributed by atoms with Crippen LogP contribution in [0, 0.1) is 5.82 Å². The Morgan fingerprint density at radius 2 is 2.41 bits per heavy atom. The van der Waals surface area contributed by atoms with Crippen molar-refractivity contribution >= 4 is 11.6 Å². The van der Waals surface area contributed by atoms with Gasteiger partial charge >= 0.3 is 0 Å². The van der Waals surface area contributed by atoms with Crippen molar-refractivity contribution in [1.82, 2.24) is 10.6 Å². The number of hydrogen-bond donors (Lipinski definition) is 2. The molecule has 0 spiro atoms. The molecule has 1 aromatic carbocycles. The van der Waals surface area contributed by atoms with Gasteiger partial charge in [-0.1, -0.05) is 17.7 Å². The third kappa shape index (κ3) is 2.96. The number of benzene rings is 1. The maximum atomic E-state index is 13.1. The van der Waals surface area contributed by atoms with Crippen molar-refractivity contribution in [3.63, 3.8) is 0 Å². The molecule has 2 unspecified atom stereocenters. The third-order valence-corrected chi connectivity index (χ3v) is 3.26. The molecule has 0 amide bonds. The highest BCUT2D eigenvalue weighted by atomic mass is 35.5. The lowest BCUT2D eigenvalue weighted by Gasteiger charge is -2.31. The van der Waals surface area contributed by atoms with Crippen molar-refractivity contribution in [1.29, 1.82) is 0 Å². The van der Waals surface area contributed by atoms with Crippen molar-refractivity contribution < 1.29 is 9.13 Å². The van der Waals surface area contributed by atoms with E-state index < -0.39 is 5.82 Å². The summed E-state index contributed by atoms with van der Waals surface area (Å²) < 4.78 is 18.5. The predicted octanol–water partition coefficient (Wildman–Crippen LogP) is 1.73. The number of halogens is 2. The molecule has 5 heteroatoms. The number of hydrogen-bond acceptors (Lipinski definition) is 3. The van der Waals surface area contributed by atoms with Gasteiger partial charge in [-0.05, 0) is 24.7 Å². The van der Waals surface area contributed by atoms with E-state index in [1.165, 1.54) is 6.07 Å². The van der Waals surface area contributed by atoms with Crippen LogP contribution in [0.3, 0.4) is 0 Å². The molecule has 1 aromatic rings. The lowest BCUT2D eigenvalue weighted by Crippen LogP contribution is -2.48. The van der Waals surface area contributed by atoms with Gasteiger partial charge in [-0.15, -0.1) is 0 Å². The highest BCUT2D eigenvalue weighted by molar-refractivity contribution is 6.30. The van der Waals surface area contributed by atoms with E-state index in [0.717, 1.165) is 18.7 Å². The van der Waals surface area contributed by atoms with Crippen molar-refractivity contribution in [2.45, 2.75) is 12.1 Å². The molecule has 2 rings (SSSR count). The molecule has 94 valence electrons. The standard InChI is InChI=1S/C12H16ClFN2O/c1-15-12(11-7-17-5-4-16-11)8-2-3-10(14)9(13)6-8/h2-3,6,11-12,15-16H,4-5,7H2,1H3. The minimum atomic E-state index is -0.391. The lowest BCUT2D eigenvalue weighted by atomic mass is 9.99. The van der Waals surface area contributed by atoms with Crippen LogP contribution in [-0.4, -0.2) is 32.8 Å². The van der Waals surface area contributed by atoms with Crippen LogP contribution in [-0.2, 0) is 4.74 Å². The molecule has 0 aliphatic carbocycles. The fraction of sp³-hybridized carbons (Fsp3) is 0.500. The monoisotopic (exact) mass is 258 g/mol. The summed E-state index contributed by atoms with van der Waals surface area (Å²) >= 11 is 5.80. The summed E-state index contributed by atoms with van der Waals surface area (Å²) in [4.78, 5) is 0. The lowest BCUT2D eigenvalue weighted by molar-refractivity contribution is 0.0645. The molecule has 1 fully saturated rings. The molecule has 1 aliphatic heterocycles. The normalized spacial score (nSPS) is 22.4. The molecular weight excluding hydrogens is 243 g/mol. The number of nitrogens with one attached hydrogen (secondary N) is 2. The Morgan fingerprint density at radius 1 is 1.59 bits per heavy atom. The third-order valence-electron chi connectivity index (χ3n) is 2.97. The van der Waals surface area contributed by atoms with Gasteiger partial charge in [-0.25, -0.2) is 4.39 Å². The smallest absolute Gasteiger partial charge is 0.141 e. The number of likely N-dealkylation sites (N-methyl/N-ethyl adjacent to an activating group) is 1. The summed E-state index contributed by atoms with van der Waals surface area (Å²) in [6.45, 7) is 2.20. The molecule has 0 bridgehead atoms. The Morgan fingerprint density at radius 3 is 3.00 bits per heavy atom. The van der Waals surface area contributed by atoms with Crippen molar-refractivity contribution in [3.8, 4) is 0 Å². The van der Waals surface area contributed by atoms with Crippen LogP contribution >= 0.6 is 11.6 Å². The predicted molar refractivity (Wildman–Crippen MR) is 65.8 cm³/mol. The van der Waals surface area contributed by atoms with Gasteiger partial charge in [0.1, 0.15) is 5.82 Å². The Hall–Kier alpha value is -0.680. The molecule has 1 aliphatic rings. The van der Waals surface area contributed by atoms with Gasteiger partial charge in [0.25, 0.3) is 0 Å². The Labute approximate surface area is 105 Å². The van der Waals surface area contributed by atoms with Gasteiger partial charge in [0, 0.05) is 12.6 Å². The minimum absolute atomic E-state index is 0.0633. The second-order valence-corrected chi connectivity index (χ2v) is 4.48. The maximum absolute atomic E-state index is 13.1. The molecule has 2 atom stereocenters. The molecule has 3 nitrogen and oxygen atoms in total. The first-order chi connectivity index (χ1) is 8.22. The summed E-state index contributed by atoms with van der Waals surface area (Å²) in [5.74, 6) is -0.391. The van der Waals surface area contributed by atoms with Crippen molar-refractivity contribution in [2.24, 2.45) is 0 Å². The van der Waals surface area contributed by atoms with Gasteiger partial charge in [0.2, 0.25) is 0 Å². The van der Waals surface area contributed by atoms with E-state index in [4.69, 9.17) is 16.3 Å². The summed E-state index contributed by atoms with van der Waals surface area (Å²) in [7, 11) is 1.87. The topological polar surface area (TPSA) is 33.3 Å².